The molecule has 0 fully saturated rings. The number of hydrogen-bond donors (Lipinski definition) is 1. The molecule has 0 amide bonds. The van der Waals surface area contributed by atoms with Crippen molar-refractivity contribution in [3.8, 4) is 0 Å². The molecule has 0 saturated carbocycles. The van der Waals surface area contributed by atoms with Crippen molar-refractivity contribution in [1.29, 1.82) is 0 Å². The van der Waals surface area contributed by atoms with Gasteiger partial charge in [-0.15, -0.1) is 0 Å². The molecule has 0 radical (unpaired) electrons. The molecule has 148 valence electrons. The molecule has 28 heavy (non-hydrogen) atoms. The molecule has 3 rings (SSSR count). The van der Waals surface area contributed by atoms with Crippen LogP contribution in [-0.4, -0.2) is 20.2 Å². The van der Waals surface area contributed by atoms with Gasteiger partial charge < -0.3 is 5.11 Å². The van der Waals surface area contributed by atoms with Crippen LogP contribution in [0.1, 0.15) is 37.8 Å². The minimum absolute atomic E-state index is 0.120. The molecule has 1 N–H and O–H groups in total. The number of fused-ring (bicyclic) bond motifs is 1. The molecule has 0 aliphatic carbocycles. The molecule has 1 unspecified atom stereocenters. The Kier molecular flexibility index (Phi) is 6.38. The Labute approximate surface area is 177 Å². The Balaban J connectivity index is 2.18. The number of nitrogens with zero attached hydrogens (tertiary/aromatic N) is 2. The van der Waals surface area contributed by atoms with E-state index in [9.17, 15) is 14.7 Å². The van der Waals surface area contributed by atoms with Crippen molar-refractivity contribution >= 4 is 51.8 Å². The van der Waals surface area contributed by atoms with E-state index in [-0.39, 0.29) is 18.7 Å². The van der Waals surface area contributed by atoms with Crippen molar-refractivity contribution in [2.45, 2.75) is 38.8 Å². The van der Waals surface area contributed by atoms with Crippen molar-refractivity contribution in [1.82, 2.24) is 9.13 Å². The lowest BCUT2D eigenvalue weighted by Crippen LogP contribution is -2.29. The minimum atomic E-state index is -0.938. The van der Waals surface area contributed by atoms with Gasteiger partial charge in [-0.05, 0) is 36.2 Å². The van der Waals surface area contributed by atoms with Gasteiger partial charge >= 0.3 is 11.7 Å². The van der Waals surface area contributed by atoms with Crippen LogP contribution in [-0.2, 0) is 11.3 Å². The third-order valence-electron chi connectivity index (χ3n) is 4.66. The van der Waals surface area contributed by atoms with Crippen LogP contribution in [0.2, 0.25) is 15.1 Å². The highest BCUT2D eigenvalue weighted by atomic mass is 35.5. The number of rotatable bonds is 7. The van der Waals surface area contributed by atoms with E-state index < -0.39 is 12.0 Å². The maximum absolute atomic E-state index is 13.3. The molecule has 2 aromatic carbocycles. The molecule has 5 nitrogen and oxygen atoms in total. The van der Waals surface area contributed by atoms with Crippen molar-refractivity contribution in [2.75, 3.05) is 0 Å². The van der Waals surface area contributed by atoms with E-state index in [1.54, 1.807) is 21.3 Å². The summed E-state index contributed by atoms with van der Waals surface area (Å²) in [5.41, 5.74) is 1.73. The predicted octanol–water partition coefficient (Wildman–Crippen LogP) is 5.63. The zero-order chi connectivity index (χ0) is 20.4. The molecule has 1 atom stereocenters. The smallest absolute Gasteiger partial charge is 0.329 e. The summed E-state index contributed by atoms with van der Waals surface area (Å²) in [5, 5.41) is 10.4. The topological polar surface area (TPSA) is 64.2 Å². The first-order chi connectivity index (χ1) is 13.3. The normalized spacial score (nSPS) is 12.4. The van der Waals surface area contributed by atoms with E-state index in [1.807, 2.05) is 31.2 Å². The zero-order valence-corrected chi connectivity index (χ0v) is 17.4. The van der Waals surface area contributed by atoms with Crippen molar-refractivity contribution in [2.24, 2.45) is 0 Å². The van der Waals surface area contributed by atoms with Crippen LogP contribution in [0.15, 0.2) is 41.2 Å². The Bertz CT molecular complexity index is 1090. The minimum Gasteiger partial charge on any atom is -0.481 e. The number of halogens is 3. The SMILES string of the molecule is CCCC(CC(=O)O)n1c(=O)n(Cc2cc(Cl)cc(Cl)c2Cl)c2ccccc21. The second kappa shape index (κ2) is 8.60. The monoisotopic (exact) mass is 440 g/mol. The van der Waals surface area contributed by atoms with E-state index in [2.05, 4.69) is 0 Å². The Morgan fingerprint density at radius 3 is 2.46 bits per heavy atom. The van der Waals surface area contributed by atoms with Crippen molar-refractivity contribution in [3.05, 3.63) is 67.5 Å². The molecule has 1 heterocycles. The first-order valence-electron chi connectivity index (χ1n) is 8.88. The fourth-order valence-corrected chi connectivity index (χ4v) is 4.19. The Hall–Kier alpha value is -1.95. The lowest BCUT2D eigenvalue weighted by molar-refractivity contribution is -0.137. The van der Waals surface area contributed by atoms with Gasteiger partial charge in [0.05, 0.1) is 34.0 Å². The highest BCUT2D eigenvalue weighted by molar-refractivity contribution is 6.43. The molecule has 8 heteroatoms. The van der Waals surface area contributed by atoms with Gasteiger partial charge in [0.15, 0.2) is 0 Å². The molecule has 0 spiro atoms. The summed E-state index contributed by atoms with van der Waals surface area (Å²) in [6.45, 7) is 2.14. The van der Waals surface area contributed by atoms with E-state index in [1.165, 1.54) is 0 Å². The maximum Gasteiger partial charge on any atom is 0.329 e. The lowest BCUT2D eigenvalue weighted by Gasteiger charge is -2.16. The van der Waals surface area contributed by atoms with Crippen LogP contribution in [0.25, 0.3) is 11.0 Å². The largest absolute Gasteiger partial charge is 0.481 e. The van der Waals surface area contributed by atoms with E-state index in [0.717, 1.165) is 6.42 Å². The quantitative estimate of drug-likeness (QED) is 0.483. The number of carboxylic acid groups (broad SMARTS) is 1. The first kappa shape index (κ1) is 20.8. The maximum atomic E-state index is 13.3. The fourth-order valence-electron chi connectivity index (χ4n) is 3.49. The molecule has 0 saturated heterocycles. The third kappa shape index (κ3) is 4.07. The van der Waals surface area contributed by atoms with Crippen LogP contribution in [0.4, 0.5) is 0 Å². The molecule has 0 aliphatic heterocycles. The molecule has 0 bridgehead atoms. The number of hydrogen-bond acceptors (Lipinski definition) is 2. The molecular formula is C20H19Cl3N2O3. The van der Waals surface area contributed by atoms with Gasteiger partial charge in [0, 0.05) is 11.1 Å². The average molecular weight is 442 g/mol. The highest BCUT2D eigenvalue weighted by Gasteiger charge is 2.22. The molecule has 0 aliphatic rings. The van der Waals surface area contributed by atoms with Gasteiger partial charge in [0.1, 0.15) is 0 Å². The van der Waals surface area contributed by atoms with Gasteiger partial charge in [-0.2, -0.15) is 0 Å². The van der Waals surface area contributed by atoms with Crippen molar-refractivity contribution < 1.29 is 9.90 Å². The van der Waals surface area contributed by atoms with Crippen LogP contribution < -0.4 is 5.69 Å². The molecule has 3 aromatic rings. The Morgan fingerprint density at radius 2 is 1.82 bits per heavy atom. The summed E-state index contributed by atoms with van der Waals surface area (Å²) < 4.78 is 3.15. The highest BCUT2D eigenvalue weighted by Crippen LogP contribution is 2.31. The van der Waals surface area contributed by atoms with Gasteiger partial charge in [0.25, 0.3) is 0 Å². The molecule has 1 aromatic heterocycles. The number of carbonyl (C=O) groups is 1. The summed E-state index contributed by atoms with van der Waals surface area (Å²) in [6.07, 6.45) is 1.23. The number of carboxylic acids is 1. The standard InChI is InChI=1S/C20H19Cl3N2O3/c1-2-5-14(10-18(26)27)25-17-7-4-3-6-16(17)24(20(25)28)11-12-8-13(21)9-15(22)19(12)23/h3-4,6-9,14H,2,5,10-11H2,1H3,(H,26,27). The summed E-state index contributed by atoms with van der Waals surface area (Å²) in [5.74, 6) is -0.938. The number of aromatic nitrogens is 2. The number of para-hydroxylation sites is 2. The summed E-state index contributed by atoms with van der Waals surface area (Å²) in [7, 11) is 0. The van der Waals surface area contributed by atoms with E-state index >= 15 is 0 Å². The summed E-state index contributed by atoms with van der Waals surface area (Å²) >= 11 is 18.5. The van der Waals surface area contributed by atoms with Crippen molar-refractivity contribution in [3.63, 3.8) is 0 Å². The lowest BCUT2D eigenvalue weighted by atomic mass is 10.1. The third-order valence-corrected chi connectivity index (χ3v) is 5.72. The number of imidazole rings is 1. The fraction of sp³-hybridized carbons (Fsp3) is 0.300. The van der Waals surface area contributed by atoms with Gasteiger partial charge in [-0.1, -0.05) is 60.3 Å². The first-order valence-corrected chi connectivity index (χ1v) is 10.0. The van der Waals surface area contributed by atoms with Gasteiger partial charge in [-0.3, -0.25) is 13.9 Å². The summed E-state index contributed by atoms with van der Waals surface area (Å²) in [6, 6.07) is 10.1. The van der Waals surface area contributed by atoms with E-state index in [4.69, 9.17) is 34.8 Å². The summed E-state index contributed by atoms with van der Waals surface area (Å²) in [4.78, 5) is 24.6. The Morgan fingerprint density at radius 1 is 1.14 bits per heavy atom. The second-order valence-electron chi connectivity index (χ2n) is 6.63. The molecular weight excluding hydrogens is 423 g/mol. The number of aliphatic carboxylic acids is 1. The predicted molar refractivity (Wildman–Crippen MR) is 113 cm³/mol. The average Bonchev–Trinajstić information content (AvgIpc) is 2.90. The number of benzene rings is 2. The van der Waals surface area contributed by atoms with E-state index in [0.29, 0.717) is 38.1 Å². The van der Waals surface area contributed by atoms with Crippen LogP contribution in [0.3, 0.4) is 0 Å². The van der Waals surface area contributed by atoms with Crippen LogP contribution >= 0.6 is 34.8 Å². The van der Waals surface area contributed by atoms with Gasteiger partial charge in [0.2, 0.25) is 0 Å². The van der Waals surface area contributed by atoms with Gasteiger partial charge in [-0.25, -0.2) is 4.79 Å². The zero-order valence-electron chi connectivity index (χ0n) is 15.2. The second-order valence-corrected chi connectivity index (χ2v) is 7.85. The van der Waals surface area contributed by atoms with Crippen LogP contribution in [0, 0.1) is 0 Å². The van der Waals surface area contributed by atoms with Crippen LogP contribution in [0.5, 0.6) is 0 Å².